The molecule has 1 aliphatic carbocycles. The van der Waals surface area contributed by atoms with Gasteiger partial charge in [-0.05, 0) is 59.5 Å². The average Bonchev–Trinajstić information content (AvgIpc) is 3.21. The summed E-state index contributed by atoms with van der Waals surface area (Å²) in [7, 11) is 0. The molecule has 0 aliphatic heterocycles. The highest BCUT2D eigenvalue weighted by atomic mass is 79.9. The molecule has 2 amide bonds. The Morgan fingerprint density at radius 1 is 1.21 bits per heavy atom. The monoisotopic (exact) mass is 459 g/mol. The number of hydrogen-bond acceptors (Lipinski definition) is 4. The van der Waals surface area contributed by atoms with E-state index in [1.54, 1.807) is 23.5 Å². The molecule has 1 aliphatic rings. The second-order valence-corrected chi connectivity index (χ2v) is 8.70. The Morgan fingerprint density at radius 2 is 1.96 bits per heavy atom. The molecule has 5 nitrogen and oxygen atoms in total. The molecule has 0 bridgehead atoms. The fourth-order valence-corrected chi connectivity index (χ4v) is 4.47. The molecule has 1 saturated carbocycles. The first-order chi connectivity index (χ1) is 13.6. The largest absolute Gasteiger partial charge is 0.349 e. The highest BCUT2D eigenvalue weighted by Crippen LogP contribution is 2.25. The Kier molecular flexibility index (Phi) is 7.24. The summed E-state index contributed by atoms with van der Waals surface area (Å²) in [4.78, 5) is 25.4. The van der Waals surface area contributed by atoms with Gasteiger partial charge in [-0.3, -0.25) is 9.59 Å². The van der Waals surface area contributed by atoms with E-state index in [0.717, 1.165) is 29.3 Å². The lowest BCUT2D eigenvalue weighted by Crippen LogP contribution is -2.50. The molecule has 7 heteroatoms. The fourth-order valence-electron chi connectivity index (χ4n) is 3.52. The zero-order valence-corrected chi connectivity index (χ0v) is 17.8. The van der Waals surface area contributed by atoms with E-state index in [9.17, 15) is 14.9 Å². The number of nitrogens with one attached hydrogen (secondary N) is 2. The summed E-state index contributed by atoms with van der Waals surface area (Å²) in [6, 6.07) is 10.5. The van der Waals surface area contributed by atoms with Crippen LogP contribution < -0.4 is 10.6 Å². The molecule has 28 heavy (non-hydrogen) atoms. The number of carbonyl (C=O) groups is 2. The summed E-state index contributed by atoms with van der Waals surface area (Å²) in [5.41, 5.74) is 1.61. The van der Waals surface area contributed by atoms with Crippen LogP contribution in [0.3, 0.4) is 0 Å². The van der Waals surface area contributed by atoms with Crippen LogP contribution in [0.5, 0.6) is 0 Å². The predicted molar refractivity (Wildman–Crippen MR) is 113 cm³/mol. The van der Waals surface area contributed by atoms with Gasteiger partial charge >= 0.3 is 0 Å². The minimum Gasteiger partial charge on any atom is -0.349 e. The topological polar surface area (TPSA) is 82.0 Å². The zero-order valence-electron chi connectivity index (χ0n) is 15.4. The van der Waals surface area contributed by atoms with Gasteiger partial charge in [0.1, 0.15) is 6.04 Å². The Bertz CT molecular complexity index is 846. The van der Waals surface area contributed by atoms with Crippen molar-refractivity contribution in [2.24, 2.45) is 5.92 Å². The van der Waals surface area contributed by atoms with E-state index in [0.29, 0.717) is 18.4 Å². The highest BCUT2D eigenvalue weighted by Gasteiger charge is 2.33. The van der Waals surface area contributed by atoms with Crippen LogP contribution in [0.4, 0.5) is 0 Å². The Labute approximate surface area is 177 Å². The lowest BCUT2D eigenvalue weighted by molar-refractivity contribution is -0.127. The van der Waals surface area contributed by atoms with Crippen molar-refractivity contribution < 1.29 is 9.59 Å². The molecule has 0 radical (unpaired) electrons. The van der Waals surface area contributed by atoms with E-state index >= 15 is 0 Å². The Balaban J connectivity index is 1.63. The number of nitrogens with zero attached hydrogens (tertiary/aromatic N) is 1. The van der Waals surface area contributed by atoms with Crippen LogP contribution in [-0.4, -0.2) is 23.9 Å². The zero-order chi connectivity index (χ0) is 19.9. The van der Waals surface area contributed by atoms with Crippen LogP contribution in [0, 0.1) is 17.2 Å². The summed E-state index contributed by atoms with van der Waals surface area (Å²) < 4.78 is 0.909. The lowest BCUT2D eigenvalue weighted by atomic mass is 9.83. The first-order valence-electron chi connectivity index (χ1n) is 9.34. The van der Waals surface area contributed by atoms with E-state index in [1.807, 2.05) is 29.0 Å². The van der Waals surface area contributed by atoms with Crippen molar-refractivity contribution >= 4 is 39.1 Å². The molecule has 1 heterocycles. The van der Waals surface area contributed by atoms with Crippen LogP contribution in [0.15, 0.2) is 45.6 Å². The van der Waals surface area contributed by atoms with E-state index < -0.39 is 6.04 Å². The third-order valence-electron chi connectivity index (χ3n) is 5.02. The number of nitriles is 1. The number of thiophene rings is 1. The normalized spacial score (nSPS) is 20.0. The summed E-state index contributed by atoms with van der Waals surface area (Å²) >= 11 is 4.93. The number of benzene rings is 1. The Morgan fingerprint density at radius 3 is 2.64 bits per heavy atom. The molecule has 0 unspecified atom stereocenters. The first kappa shape index (κ1) is 20.6. The second-order valence-electron chi connectivity index (χ2n) is 7.00. The van der Waals surface area contributed by atoms with Crippen molar-refractivity contribution in [2.45, 2.75) is 44.2 Å². The summed E-state index contributed by atoms with van der Waals surface area (Å²) in [5.74, 6) is -0.638. The van der Waals surface area contributed by atoms with Crippen LogP contribution in [0.1, 0.15) is 41.6 Å². The standard InChI is InChI=1S/C21H22BrN3O2S/c22-16-7-5-15(6-8-16)20(26)25-19-4-2-1-3-18(19)21(27)24-17(12-23)11-14-9-10-28-13-14/h5-10,13,17-19H,1-4,11H2,(H,24,27)(H,25,26)/t17-,18+,19-/m0/s1. The number of halogens is 1. The smallest absolute Gasteiger partial charge is 0.251 e. The van der Waals surface area contributed by atoms with E-state index in [4.69, 9.17) is 0 Å². The van der Waals surface area contributed by atoms with Gasteiger partial charge in [-0.15, -0.1) is 0 Å². The second kappa shape index (κ2) is 9.85. The minimum atomic E-state index is -0.563. The molecule has 2 N–H and O–H groups in total. The number of rotatable bonds is 6. The first-order valence-corrected chi connectivity index (χ1v) is 11.1. The molecule has 146 valence electrons. The van der Waals surface area contributed by atoms with Gasteiger partial charge < -0.3 is 10.6 Å². The predicted octanol–water partition coefficient (Wildman–Crippen LogP) is 4.05. The van der Waals surface area contributed by atoms with Crippen molar-refractivity contribution in [3.63, 3.8) is 0 Å². The SMILES string of the molecule is N#C[C@H](Cc1ccsc1)NC(=O)[C@@H]1CCCC[C@@H]1NC(=O)c1ccc(Br)cc1. The molecular formula is C21H22BrN3O2S. The van der Waals surface area contributed by atoms with Gasteiger partial charge in [-0.1, -0.05) is 28.8 Å². The fraction of sp³-hybridized carbons (Fsp3) is 0.381. The van der Waals surface area contributed by atoms with Crippen LogP contribution in [0.2, 0.25) is 0 Å². The van der Waals surface area contributed by atoms with E-state index in [1.165, 1.54) is 0 Å². The maximum Gasteiger partial charge on any atom is 0.251 e. The lowest BCUT2D eigenvalue weighted by Gasteiger charge is -2.31. The quantitative estimate of drug-likeness (QED) is 0.683. The summed E-state index contributed by atoms with van der Waals surface area (Å²) in [6.45, 7) is 0. The third-order valence-corrected chi connectivity index (χ3v) is 6.28. The van der Waals surface area contributed by atoms with Crippen molar-refractivity contribution in [2.75, 3.05) is 0 Å². The van der Waals surface area contributed by atoms with Gasteiger partial charge in [0.15, 0.2) is 0 Å². The molecule has 2 aromatic rings. The maximum atomic E-state index is 12.9. The molecule has 3 rings (SSSR count). The van der Waals surface area contributed by atoms with Crippen LogP contribution in [-0.2, 0) is 11.2 Å². The van der Waals surface area contributed by atoms with Gasteiger partial charge in [-0.25, -0.2) is 0 Å². The van der Waals surface area contributed by atoms with E-state index in [2.05, 4.69) is 32.6 Å². The maximum absolute atomic E-state index is 12.9. The summed E-state index contributed by atoms with van der Waals surface area (Å²) in [5, 5.41) is 19.3. The van der Waals surface area contributed by atoms with Crippen LogP contribution in [0.25, 0.3) is 0 Å². The molecule has 1 aromatic heterocycles. The third kappa shape index (κ3) is 5.43. The molecule has 1 aromatic carbocycles. The number of carbonyl (C=O) groups excluding carboxylic acids is 2. The van der Waals surface area contributed by atoms with Crippen molar-refractivity contribution in [3.8, 4) is 6.07 Å². The summed E-state index contributed by atoms with van der Waals surface area (Å²) in [6.07, 6.45) is 3.90. The number of amides is 2. The molecule has 3 atom stereocenters. The van der Waals surface area contributed by atoms with Crippen molar-refractivity contribution in [3.05, 3.63) is 56.7 Å². The van der Waals surface area contributed by atoms with Crippen molar-refractivity contribution in [1.82, 2.24) is 10.6 Å². The number of hydrogen-bond donors (Lipinski definition) is 2. The Hall–Kier alpha value is -2.17. The van der Waals surface area contributed by atoms with Crippen LogP contribution >= 0.6 is 27.3 Å². The molecule has 1 fully saturated rings. The minimum absolute atomic E-state index is 0.150. The highest BCUT2D eigenvalue weighted by molar-refractivity contribution is 9.10. The van der Waals surface area contributed by atoms with E-state index in [-0.39, 0.29) is 23.8 Å². The van der Waals surface area contributed by atoms with Gasteiger partial charge in [0.25, 0.3) is 5.91 Å². The van der Waals surface area contributed by atoms with Gasteiger partial charge in [-0.2, -0.15) is 16.6 Å². The molecular weight excluding hydrogens is 438 g/mol. The van der Waals surface area contributed by atoms with Gasteiger partial charge in [0.2, 0.25) is 5.91 Å². The van der Waals surface area contributed by atoms with Gasteiger partial charge in [0.05, 0.1) is 12.0 Å². The molecule has 0 saturated heterocycles. The van der Waals surface area contributed by atoms with Gasteiger partial charge in [0, 0.05) is 22.5 Å². The van der Waals surface area contributed by atoms with Crippen molar-refractivity contribution in [1.29, 1.82) is 5.26 Å². The average molecular weight is 460 g/mol. The molecule has 0 spiro atoms.